The number of esters is 4. The number of benzene rings is 3. The first-order chi connectivity index (χ1) is 34.2. The van der Waals surface area contributed by atoms with Crippen LogP contribution in [0.1, 0.15) is 100 Å². The number of carbonyl (C=O) groups excluding carboxylic acids is 7. The zero-order valence-corrected chi connectivity index (χ0v) is 42.0. The monoisotopic (exact) mass is 1020 g/mol. The van der Waals surface area contributed by atoms with Crippen molar-refractivity contribution in [3.05, 3.63) is 119 Å². The topological polar surface area (TPSA) is 228 Å². The summed E-state index contributed by atoms with van der Waals surface area (Å²) in [4.78, 5) is 100. The maximum Gasteiger partial charge on any atom is 0.408 e. The molecule has 0 radical (unpaired) electrons. The summed E-state index contributed by atoms with van der Waals surface area (Å²) in [6, 6.07) is 19.4. The van der Waals surface area contributed by atoms with Gasteiger partial charge in [-0.15, -0.1) is 0 Å². The lowest BCUT2D eigenvalue weighted by Crippen LogP contribution is -2.82. The number of alkyl carbamates (subject to hydrolysis) is 1. The predicted octanol–water partition coefficient (Wildman–Crippen LogP) is 5.97. The van der Waals surface area contributed by atoms with E-state index in [1.807, 2.05) is 0 Å². The van der Waals surface area contributed by atoms with E-state index in [2.05, 4.69) is 23.3 Å². The fraction of sp³-hybridized carbons (Fsp3) is 0.491. The summed E-state index contributed by atoms with van der Waals surface area (Å²) in [6.45, 7) is 10.2. The minimum Gasteiger partial charge on any atom is -0.455 e. The first kappa shape index (κ1) is 53.6. The molecule has 0 aromatic heterocycles. The second kappa shape index (κ2) is 21.5. The molecular weight excluding hydrogens is 956 g/mol. The summed E-state index contributed by atoms with van der Waals surface area (Å²) >= 11 is 4.36. The molecule has 19 heteroatoms. The number of ketones is 1. The Morgan fingerprint density at radius 2 is 1.56 bits per heavy atom. The summed E-state index contributed by atoms with van der Waals surface area (Å²) < 4.78 is 58.0. The highest BCUT2D eigenvalue weighted by Crippen LogP contribution is 2.65. The number of halogens is 1. The lowest BCUT2D eigenvalue weighted by molar-refractivity contribution is -0.348. The maximum atomic E-state index is 16.2. The van der Waals surface area contributed by atoms with Gasteiger partial charge in [0.15, 0.2) is 17.5 Å². The van der Waals surface area contributed by atoms with Gasteiger partial charge < -0.3 is 48.9 Å². The zero-order valence-electron chi connectivity index (χ0n) is 41.1. The van der Waals surface area contributed by atoms with E-state index in [1.165, 1.54) is 32.9 Å². The van der Waals surface area contributed by atoms with E-state index >= 15 is 9.59 Å². The molecule has 17 nitrogen and oxygen atoms in total. The second-order valence-corrected chi connectivity index (χ2v) is 19.7. The molecule has 3 aromatic carbocycles. The van der Waals surface area contributed by atoms with Gasteiger partial charge in [-0.05, 0) is 73.9 Å². The van der Waals surface area contributed by atoms with Gasteiger partial charge in [0.1, 0.15) is 35.8 Å². The van der Waals surface area contributed by atoms with Crippen molar-refractivity contribution in [1.82, 2.24) is 10.6 Å². The lowest BCUT2D eigenvalue weighted by Gasteiger charge is -2.67. The highest BCUT2D eigenvalue weighted by atomic mass is 32.1. The molecule has 2 saturated carbocycles. The third-order valence-electron chi connectivity index (χ3n) is 14.7. The normalized spacial score (nSPS) is 28.9. The van der Waals surface area contributed by atoms with Crippen LogP contribution < -0.4 is 10.6 Å². The van der Waals surface area contributed by atoms with E-state index in [9.17, 15) is 33.5 Å². The Morgan fingerprint density at radius 1 is 0.903 bits per heavy atom. The summed E-state index contributed by atoms with van der Waals surface area (Å²) in [5.41, 5.74) is -7.45. The van der Waals surface area contributed by atoms with Crippen molar-refractivity contribution in [2.75, 3.05) is 25.5 Å². The molecule has 2 amide bonds. The highest BCUT2D eigenvalue weighted by molar-refractivity contribution is 7.80. The Morgan fingerprint density at radius 3 is 2.14 bits per heavy atom. The smallest absolute Gasteiger partial charge is 0.408 e. The lowest BCUT2D eigenvalue weighted by atomic mass is 9.44. The van der Waals surface area contributed by atoms with Gasteiger partial charge in [0.25, 0.3) is 5.91 Å². The molecule has 4 aliphatic rings. The SMILES string of the molecule is CCNC(=O)O[C@@H](C(=O)O[C@H]1C[C@@]2(O)[C@@H](OC(=O)c3ccc(F)cc3)C3[C@](C)(C(=O)[C@H](OC(=O)CC)C(=C1C)C2(C)C)[C@@H](OCCS)C[C@H]1OC[C@@]31OC(C)=O)[C@@H](NC(=O)c1ccccc1)c1ccccc1. The molecule has 0 spiro atoms. The fourth-order valence-electron chi connectivity index (χ4n) is 11.1. The number of thiol groups is 1. The molecule has 1 saturated heterocycles. The number of amides is 2. The van der Waals surface area contributed by atoms with Crippen LogP contribution in [0.3, 0.4) is 0 Å². The molecule has 386 valence electrons. The van der Waals surface area contributed by atoms with Crippen LogP contribution in [0.2, 0.25) is 0 Å². The molecule has 3 N–H and O–H groups in total. The molecule has 7 rings (SSSR count). The van der Waals surface area contributed by atoms with E-state index in [4.69, 9.17) is 33.2 Å². The number of ether oxygens (including phenoxy) is 7. The third kappa shape index (κ3) is 9.87. The Bertz CT molecular complexity index is 2580. The average molecular weight is 1020 g/mol. The zero-order chi connectivity index (χ0) is 52.3. The van der Waals surface area contributed by atoms with E-state index in [0.29, 0.717) is 5.56 Å². The first-order valence-corrected chi connectivity index (χ1v) is 24.5. The van der Waals surface area contributed by atoms with Crippen LogP contribution in [0.25, 0.3) is 0 Å². The van der Waals surface area contributed by atoms with Gasteiger partial charge in [-0.2, -0.15) is 12.6 Å². The minimum absolute atomic E-state index is 0.000900. The van der Waals surface area contributed by atoms with Gasteiger partial charge in [0.05, 0.1) is 36.2 Å². The maximum absolute atomic E-state index is 16.2. The van der Waals surface area contributed by atoms with Crippen molar-refractivity contribution in [1.29, 1.82) is 0 Å². The fourth-order valence-corrected chi connectivity index (χ4v) is 11.2. The van der Waals surface area contributed by atoms with Crippen molar-refractivity contribution in [3.63, 3.8) is 0 Å². The second-order valence-electron chi connectivity index (χ2n) is 19.2. The quantitative estimate of drug-likeness (QED) is 0.0561. The van der Waals surface area contributed by atoms with Crippen molar-refractivity contribution in [3.8, 4) is 0 Å². The van der Waals surface area contributed by atoms with Crippen molar-refractivity contribution >= 4 is 54.3 Å². The number of hydrogen-bond acceptors (Lipinski definition) is 16. The Kier molecular flexibility index (Phi) is 16.0. The van der Waals surface area contributed by atoms with Crippen LogP contribution in [-0.4, -0.2) is 120 Å². The van der Waals surface area contributed by atoms with E-state index < -0.39 is 125 Å². The largest absolute Gasteiger partial charge is 0.455 e. The van der Waals surface area contributed by atoms with Gasteiger partial charge in [-0.3, -0.25) is 19.2 Å². The number of carbonyl (C=O) groups is 7. The van der Waals surface area contributed by atoms with Crippen LogP contribution >= 0.6 is 12.6 Å². The van der Waals surface area contributed by atoms with Crippen molar-refractivity contribution in [2.24, 2.45) is 16.7 Å². The Labute approximate surface area is 422 Å². The molecule has 3 fully saturated rings. The van der Waals surface area contributed by atoms with Gasteiger partial charge in [0.2, 0.25) is 6.10 Å². The molecule has 1 aliphatic heterocycles. The van der Waals surface area contributed by atoms with Crippen LogP contribution in [0.15, 0.2) is 96.1 Å². The number of Topliss-reactive ketones (excluding diaryl/α,β-unsaturated/α-hetero) is 1. The average Bonchev–Trinajstić information content (AvgIpc) is 3.34. The van der Waals surface area contributed by atoms with E-state index in [-0.39, 0.29) is 60.6 Å². The number of aliphatic hydroxyl groups is 1. The third-order valence-corrected chi connectivity index (χ3v) is 14.9. The summed E-state index contributed by atoms with van der Waals surface area (Å²) in [5, 5.41) is 19.4. The van der Waals surface area contributed by atoms with Gasteiger partial charge in [-0.1, -0.05) is 69.3 Å². The molecule has 11 atom stereocenters. The van der Waals surface area contributed by atoms with Crippen LogP contribution in [0, 0.1) is 22.6 Å². The molecular formula is C53H61FN2O15S. The van der Waals surface area contributed by atoms with Crippen LogP contribution in [-0.2, 0) is 52.3 Å². The summed E-state index contributed by atoms with van der Waals surface area (Å²) in [7, 11) is 0. The van der Waals surface area contributed by atoms with Crippen molar-refractivity contribution < 1.29 is 76.2 Å². The standard InChI is InChI=1S/C53H61FN2O15S/c1-8-38(58)68-41-39-29(3)35(67-48(62)42(69-49(63)55-9-2)40(31-16-12-10-13-17-31)56-46(60)32-18-14-11-15-19-32)27-53(64,50(39,5)6)45(70-47(61)33-20-22-34(54)23-21-33)43-51(7,44(41)59)36(65-24-25-72)26-37-52(43,28-66-37)71-30(4)57/h10-23,35-37,40-43,45,64,72H,8-9,24-28H2,1-7H3,(H,55,63)(H,56,60)/t35-,36-,37+,40-,41+,42+,43?,45-,51+,52-,53+/m0/s1. The van der Waals surface area contributed by atoms with E-state index in [0.717, 1.165) is 19.1 Å². The summed E-state index contributed by atoms with van der Waals surface area (Å²) in [6.07, 6.45) is -11.2. The van der Waals surface area contributed by atoms with Gasteiger partial charge in [-0.25, -0.2) is 18.8 Å². The van der Waals surface area contributed by atoms with Crippen LogP contribution in [0.5, 0.6) is 0 Å². The van der Waals surface area contributed by atoms with Crippen molar-refractivity contribution in [2.45, 2.75) is 122 Å². The van der Waals surface area contributed by atoms with Gasteiger partial charge in [0, 0.05) is 49.5 Å². The predicted molar refractivity (Wildman–Crippen MR) is 258 cm³/mol. The number of rotatable bonds is 16. The number of nitrogens with one attached hydrogen (secondary N) is 2. The molecule has 72 heavy (non-hydrogen) atoms. The van der Waals surface area contributed by atoms with Gasteiger partial charge >= 0.3 is 30.0 Å². The first-order valence-electron chi connectivity index (χ1n) is 23.9. The Balaban J connectivity index is 1.46. The molecule has 3 aliphatic carbocycles. The molecule has 3 aromatic rings. The Hall–Kier alpha value is -6.15. The molecule has 2 bridgehead atoms. The van der Waals surface area contributed by atoms with Crippen LogP contribution in [0.4, 0.5) is 9.18 Å². The molecule has 1 unspecified atom stereocenters. The highest BCUT2D eigenvalue weighted by Gasteiger charge is 2.78. The molecule has 1 heterocycles. The number of fused-ring (bicyclic) bond motifs is 5. The summed E-state index contributed by atoms with van der Waals surface area (Å²) in [5.74, 6) is -7.33. The number of hydrogen-bond donors (Lipinski definition) is 4. The van der Waals surface area contributed by atoms with E-state index in [1.54, 1.807) is 81.4 Å². The minimum atomic E-state index is -2.49.